The molecule has 0 spiro atoms. The summed E-state index contributed by atoms with van der Waals surface area (Å²) in [5.41, 5.74) is 0.0274. The minimum absolute atomic E-state index is 0.275. The largest absolute Gasteiger partial charge is 0.496 e. The molecule has 0 bridgehead atoms. The molecule has 5 nitrogen and oxygen atoms in total. The van der Waals surface area contributed by atoms with E-state index in [4.69, 9.17) is 4.74 Å². The van der Waals surface area contributed by atoms with Crippen LogP contribution in [0.3, 0.4) is 0 Å². The third kappa shape index (κ3) is 2.97. The molecule has 0 aromatic heterocycles. The molecule has 0 aliphatic carbocycles. The van der Waals surface area contributed by atoms with E-state index in [9.17, 15) is 13.5 Å². The molecule has 20 heavy (non-hydrogen) atoms. The molecule has 2 rings (SSSR count). The van der Waals surface area contributed by atoms with Crippen LogP contribution in [0.25, 0.3) is 0 Å². The molecule has 1 aliphatic heterocycles. The Morgan fingerprint density at radius 2 is 1.90 bits per heavy atom. The van der Waals surface area contributed by atoms with Gasteiger partial charge in [-0.05, 0) is 50.5 Å². The van der Waals surface area contributed by atoms with Crippen molar-refractivity contribution < 1.29 is 18.3 Å². The van der Waals surface area contributed by atoms with Gasteiger partial charge in [0.25, 0.3) is 0 Å². The highest BCUT2D eigenvalue weighted by atomic mass is 32.2. The van der Waals surface area contributed by atoms with Gasteiger partial charge in [-0.3, -0.25) is 0 Å². The molecule has 0 unspecified atom stereocenters. The zero-order valence-electron chi connectivity index (χ0n) is 12.1. The first-order chi connectivity index (χ1) is 9.26. The third-order valence-electron chi connectivity index (χ3n) is 3.80. The Morgan fingerprint density at radius 3 is 2.40 bits per heavy atom. The lowest BCUT2D eigenvalue weighted by Gasteiger charge is -2.35. The number of ether oxygens (including phenoxy) is 1. The van der Waals surface area contributed by atoms with Crippen LogP contribution in [-0.4, -0.2) is 43.6 Å². The molecule has 6 heteroatoms. The van der Waals surface area contributed by atoms with Gasteiger partial charge in [-0.15, -0.1) is 0 Å². The van der Waals surface area contributed by atoms with Crippen LogP contribution < -0.4 is 4.74 Å². The predicted molar refractivity (Wildman–Crippen MR) is 76.3 cm³/mol. The molecule has 0 radical (unpaired) electrons. The van der Waals surface area contributed by atoms with E-state index in [0.29, 0.717) is 31.7 Å². The highest BCUT2D eigenvalue weighted by Gasteiger charge is 2.34. The number of hydrogen-bond donors (Lipinski definition) is 1. The van der Waals surface area contributed by atoms with Crippen molar-refractivity contribution in [3.8, 4) is 5.75 Å². The molecule has 1 aliphatic rings. The summed E-state index contributed by atoms with van der Waals surface area (Å²) in [7, 11) is -1.93. The van der Waals surface area contributed by atoms with Gasteiger partial charge >= 0.3 is 0 Å². The van der Waals surface area contributed by atoms with E-state index in [2.05, 4.69) is 0 Å². The van der Waals surface area contributed by atoms with Gasteiger partial charge in [0.15, 0.2) is 0 Å². The highest BCUT2D eigenvalue weighted by Crippen LogP contribution is 2.28. The number of nitrogens with zero attached hydrogens (tertiary/aromatic N) is 1. The van der Waals surface area contributed by atoms with Gasteiger partial charge in [-0.2, -0.15) is 4.31 Å². The van der Waals surface area contributed by atoms with Gasteiger partial charge in [0.1, 0.15) is 5.75 Å². The Morgan fingerprint density at radius 1 is 1.30 bits per heavy atom. The lowest BCUT2D eigenvalue weighted by Crippen LogP contribution is -2.45. The quantitative estimate of drug-likeness (QED) is 0.919. The number of sulfonamides is 1. The minimum atomic E-state index is -3.49. The summed E-state index contributed by atoms with van der Waals surface area (Å²) >= 11 is 0. The van der Waals surface area contributed by atoms with E-state index in [1.165, 1.54) is 4.31 Å². The van der Waals surface area contributed by atoms with E-state index >= 15 is 0 Å². The first kappa shape index (κ1) is 15.3. The second-order valence-electron chi connectivity index (χ2n) is 5.53. The van der Waals surface area contributed by atoms with Crippen LogP contribution in [0, 0.1) is 6.92 Å². The van der Waals surface area contributed by atoms with Crippen LogP contribution in [0.4, 0.5) is 0 Å². The smallest absolute Gasteiger partial charge is 0.243 e. The average Bonchev–Trinajstić information content (AvgIpc) is 2.38. The Kier molecular flexibility index (Phi) is 4.09. The van der Waals surface area contributed by atoms with Crippen LogP contribution in [0.1, 0.15) is 25.3 Å². The average molecular weight is 299 g/mol. The van der Waals surface area contributed by atoms with E-state index in [1.807, 2.05) is 6.92 Å². The predicted octanol–water partition coefficient (Wildman–Crippen LogP) is 1.54. The molecule has 0 atom stereocenters. The zero-order valence-corrected chi connectivity index (χ0v) is 12.9. The van der Waals surface area contributed by atoms with E-state index in [-0.39, 0.29) is 4.90 Å². The first-order valence-corrected chi connectivity index (χ1v) is 8.07. The summed E-state index contributed by atoms with van der Waals surface area (Å²) in [6.45, 7) is 4.26. The Hall–Kier alpha value is -1.11. The maximum Gasteiger partial charge on any atom is 0.243 e. The van der Waals surface area contributed by atoms with Gasteiger partial charge in [0.05, 0.1) is 17.6 Å². The van der Waals surface area contributed by atoms with Crippen LogP contribution in [-0.2, 0) is 10.0 Å². The van der Waals surface area contributed by atoms with Gasteiger partial charge in [-0.1, -0.05) is 0 Å². The normalized spacial score (nSPS) is 19.8. The Balaban J connectivity index is 2.25. The number of aliphatic hydroxyl groups is 1. The van der Waals surface area contributed by atoms with Gasteiger partial charge in [0.2, 0.25) is 10.0 Å². The van der Waals surface area contributed by atoms with Gasteiger partial charge in [-0.25, -0.2) is 8.42 Å². The lowest BCUT2D eigenvalue weighted by molar-refractivity contribution is 0.0126. The summed E-state index contributed by atoms with van der Waals surface area (Å²) in [5.74, 6) is 0.672. The van der Waals surface area contributed by atoms with Crippen LogP contribution in [0.5, 0.6) is 5.75 Å². The molecular formula is C14H21NO4S. The van der Waals surface area contributed by atoms with Crippen molar-refractivity contribution in [1.29, 1.82) is 0 Å². The number of aryl methyl sites for hydroxylation is 1. The number of methoxy groups -OCH3 is 1. The Bertz CT molecular complexity index is 585. The molecule has 0 saturated carbocycles. The third-order valence-corrected chi connectivity index (χ3v) is 5.70. The number of hydrogen-bond acceptors (Lipinski definition) is 4. The summed E-state index contributed by atoms with van der Waals surface area (Å²) in [6, 6.07) is 4.86. The fourth-order valence-electron chi connectivity index (χ4n) is 2.37. The number of rotatable bonds is 3. The molecule has 1 aromatic carbocycles. The molecule has 1 aromatic rings. The maximum absolute atomic E-state index is 12.6. The van der Waals surface area contributed by atoms with Crippen molar-refractivity contribution in [2.24, 2.45) is 0 Å². The zero-order chi connectivity index (χ0) is 15.0. The fraction of sp³-hybridized carbons (Fsp3) is 0.571. The standard InChI is InChI=1S/C14H21NO4S/c1-11-10-12(4-5-13(11)19-3)20(17,18)15-8-6-14(2,16)7-9-15/h4-5,10,16H,6-9H2,1-3H3. The summed E-state index contributed by atoms with van der Waals surface area (Å²) in [5, 5.41) is 9.90. The van der Waals surface area contributed by atoms with E-state index < -0.39 is 15.6 Å². The fourth-order valence-corrected chi connectivity index (χ4v) is 3.90. The summed E-state index contributed by atoms with van der Waals surface area (Å²) in [6.07, 6.45) is 0.919. The van der Waals surface area contributed by atoms with Gasteiger partial charge < -0.3 is 9.84 Å². The summed E-state index contributed by atoms with van der Waals surface area (Å²) in [4.78, 5) is 0.275. The monoisotopic (exact) mass is 299 g/mol. The molecule has 1 saturated heterocycles. The summed E-state index contributed by atoms with van der Waals surface area (Å²) < 4.78 is 31.7. The van der Waals surface area contributed by atoms with Crippen molar-refractivity contribution in [3.63, 3.8) is 0 Å². The van der Waals surface area contributed by atoms with E-state index in [0.717, 1.165) is 5.56 Å². The SMILES string of the molecule is COc1ccc(S(=O)(=O)N2CCC(C)(O)CC2)cc1C. The molecular weight excluding hydrogens is 278 g/mol. The van der Waals surface area contributed by atoms with Crippen molar-refractivity contribution in [2.45, 2.75) is 37.2 Å². The van der Waals surface area contributed by atoms with Crippen molar-refractivity contribution in [2.75, 3.05) is 20.2 Å². The Labute approximate surface area is 120 Å². The second-order valence-corrected chi connectivity index (χ2v) is 7.47. The van der Waals surface area contributed by atoms with Crippen molar-refractivity contribution in [3.05, 3.63) is 23.8 Å². The topological polar surface area (TPSA) is 66.8 Å². The van der Waals surface area contributed by atoms with Crippen LogP contribution in [0.2, 0.25) is 0 Å². The molecule has 0 amide bonds. The maximum atomic E-state index is 12.6. The second kappa shape index (κ2) is 5.35. The molecule has 1 fully saturated rings. The van der Waals surface area contributed by atoms with E-state index in [1.54, 1.807) is 32.2 Å². The molecule has 112 valence electrons. The molecule has 1 N–H and O–H groups in total. The van der Waals surface area contributed by atoms with Crippen LogP contribution >= 0.6 is 0 Å². The van der Waals surface area contributed by atoms with Crippen LogP contribution in [0.15, 0.2) is 23.1 Å². The van der Waals surface area contributed by atoms with Gasteiger partial charge in [0, 0.05) is 13.1 Å². The first-order valence-electron chi connectivity index (χ1n) is 6.63. The lowest BCUT2D eigenvalue weighted by atomic mass is 9.95. The molecule has 1 heterocycles. The van der Waals surface area contributed by atoms with Crippen molar-refractivity contribution in [1.82, 2.24) is 4.31 Å². The van der Waals surface area contributed by atoms with Crippen molar-refractivity contribution >= 4 is 10.0 Å². The number of benzene rings is 1. The minimum Gasteiger partial charge on any atom is -0.496 e. The highest BCUT2D eigenvalue weighted by molar-refractivity contribution is 7.89. The number of piperidine rings is 1.